The fraction of sp³-hybridized carbons (Fsp3) is 0.714. The van der Waals surface area contributed by atoms with E-state index in [0.717, 1.165) is 5.57 Å². The highest BCUT2D eigenvalue weighted by molar-refractivity contribution is 6.39. The smallest absolute Gasteiger partial charge is 0.329 e. The Morgan fingerprint density at radius 1 is 0.901 bits per heavy atom. The van der Waals surface area contributed by atoms with E-state index in [1.54, 1.807) is 41.1 Å². The lowest BCUT2D eigenvalue weighted by molar-refractivity contribution is -0.265. The standard InChI is InChI=1S/C56H83NO14/c1-12-13-22-49(59)69-45-26-24-41(31-48(45)67-10)30-37(5)47-33-44(58)36(4)29-39(7)51(61)52(68-11)50(60)38(6)28-34(2)19-15-14-16-20-35(3)46(66-9)32-42-25-23-40(8)56(65,71-42)53(62)54(63)57-27-18-17-21-43(57)55(64)70-47/h1,14-16,19-20,29,34,36-38,40-43,45-48,51-52,61,65H,13,17-18,21-28,30-33H2,2-11H3/b16-14+,19-15+,35-20+,39-29+/t34-,36-,37-,38-,40-,41+,42+,43+,45-,46+,47+,48-,51-,52+,56-/m1/s1. The molecule has 0 spiro atoms. The predicted molar refractivity (Wildman–Crippen MR) is 267 cm³/mol. The third-order valence-corrected chi connectivity index (χ3v) is 15.2. The average molecular weight is 994 g/mol. The summed E-state index contributed by atoms with van der Waals surface area (Å²) in [6.07, 6.45) is 16.5. The molecule has 2 N–H and O–H groups in total. The van der Waals surface area contributed by atoms with Gasteiger partial charge in [-0.2, -0.15) is 0 Å². The van der Waals surface area contributed by atoms with Crippen molar-refractivity contribution in [1.82, 2.24) is 4.90 Å². The second-order valence-electron chi connectivity index (χ2n) is 20.8. The summed E-state index contributed by atoms with van der Waals surface area (Å²) < 4.78 is 35.4. The topological polar surface area (TPSA) is 201 Å². The monoisotopic (exact) mass is 994 g/mol. The first kappa shape index (κ1) is 59.3. The van der Waals surface area contributed by atoms with Crippen molar-refractivity contribution >= 4 is 35.2 Å². The summed E-state index contributed by atoms with van der Waals surface area (Å²) in [6.45, 7) is 12.7. The van der Waals surface area contributed by atoms with Gasteiger partial charge in [0.05, 0.1) is 24.7 Å². The molecule has 2 saturated heterocycles. The van der Waals surface area contributed by atoms with Crippen molar-refractivity contribution in [3.05, 3.63) is 47.6 Å². The second-order valence-corrected chi connectivity index (χ2v) is 20.8. The van der Waals surface area contributed by atoms with Crippen molar-refractivity contribution in [1.29, 1.82) is 0 Å². The SMILES string of the molecule is C#CCCC(=O)O[C@@H]1CC[C@@H](C[C@@H](C)[C@@H]2CC(=O)[C@H](C)/C=C(\C)[C@@H](O)[C@@H](OC)C(=O)[C@H](C)C[C@H](C)/C=C/C=C/C=C(\C)[C@@H](OC)C[C@@H]3CC[C@@H](C)[C@@](O)(O3)C(=O)C(=O)N3CCCC[C@H]3C(=O)O2)C[C@H]1OC. The maximum Gasteiger partial charge on any atom is 0.329 e. The Morgan fingerprint density at radius 3 is 2.31 bits per heavy atom. The number of cyclic esters (lactones) is 1. The number of ether oxygens (including phenoxy) is 6. The summed E-state index contributed by atoms with van der Waals surface area (Å²) in [5.41, 5.74) is 1.24. The lowest BCUT2D eigenvalue weighted by Gasteiger charge is -2.42. The molecule has 396 valence electrons. The number of aliphatic hydroxyl groups is 2. The number of piperidine rings is 1. The first-order chi connectivity index (χ1) is 33.7. The zero-order valence-corrected chi connectivity index (χ0v) is 44.0. The third kappa shape index (κ3) is 16.3. The number of ketones is 3. The van der Waals surface area contributed by atoms with E-state index in [1.807, 2.05) is 58.1 Å². The van der Waals surface area contributed by atoms with Crippen LogP contribution in [0.5, 0.6) is 0 Å². The van der Waals surface area contributed by atoms with Gasteiger partial charge >= 0.3 is 11.9 Å². The van der Waals surface area contributed by atoms with Crippen LogP contribution in [0, 0.1) is 47.9 Å². The van der Waals surface area contributed by atoms with Gasteiger partial charge in [0.1, 0.15) is 36.2 Å². The number of hydrogen-bond acceptors (Lipinski definition) is 14. The molecule has 1 aliphatic carbocycles. The van der Waals surface area contributed by atoms with E-state index in [-0.39, 0.29) is 61.7 Å². The lowest BCUT2D eigenvalue weighted by atomic mass is 9.78. The van der Waals surface area contributed by atoms with Gasteiger partial charge in [0.2, 0.25) is 5.79 Å². The molecular weight excluding hydrogens is 911 g/mol. The summed E-state index contributed by atoms with van der Waals surface area (Å²) in [4.78, 5) is 84.8. The molecule has 1 saturated carbocycles. The molecule has 4 rings (SSSR count). The van der Waals surface area contributed by atoms with Gasteiger partial charge < -0.3 is 43.5 Å². The summed E-state index contributed by atoms with van der Waals surface area (Å²) >= 11 is 0. The van der Waals surface area contributed by atoms with Crippen LogP contribution < -0.4 is 0 Å². The molecule has 0 aromatic heterocycles. The normalized spacial score (nSPS) is 37.8. The number of carbonyl (C=O) groups excluding carboxylic acids is 6. The molecule has 0 unspecified atom stereocenters. The molecule has 71 heavy (non-hydrogen) atoms. The van der Waals surface area contributed by atoms with Crippen LogP contribution in [0.2, 0.25) is 0 Å². The number of rotatable bonds is 9. The first-order valence-corrected chi connectivity index (χ1v) is 25.8. The van der Waals surface area contributed by atoms with Crippen LogP contribution in [0.4, 0.5) is 0 Å². The summed E-state index contributed by atoms with van der Waals surface area (Å²) in [5, 5.41) is 23.5. The van der Waals surface area contributed by atoms with E-state index in [2.05, 4.69) is 5.92 Å². The zero-order valence-electron chi connectivity index (χ0n) is 44.0. The second kappa shape index (κ2) is 28.2. The van der Waals surface area contributed by atoms with Crippen LogP contribution in [0.3, 0.4) is 0 Å². The van der Waals surface area contributed by atoms with Gasteiger partial charge in [-0.05, 0) is 107 Å². The van der Waals surface area contributed by atoms with Gasteiger partial charge in [0.15, 0.2) is 5.78 Å². The van der Waals surface area contributed by atoms with Crippen molar-refractivity contribution in [2.45, 2.75) is 193 Å². The van der Waals surface area contributed by atoms with Gasteiger partial charge in [-0.3, -0.25) is 24.0 Å². The molecular formula is C56H83NO14. The third-order valence-electron chi connectivity index (χ3n) is 15.2. The Labute approximate surface area is 422 Å². The first-order valence-electron chi connectivity index (χ1n) is 25.8. The number of amides is 1. The van der Waals surface area contributed by atoms with Crippen molar-refractivity contribution in [2.24, 2.45) is 35.5 Å². The van der Waals surface area contributed by atoms with E-state index in [9.17, 15) is 39.0 Å². The van der Waals surface area contributed by atoms with Crippen LogP contribution in [0.15, 0.2) is 47.6 Å². The molecule has 0 aromatic rings. The van der Waals surface area contributed by atoms with Crippen LogP contribution >= 0.6 is 0 Å². The summed E-state index contributed by atoms with van der Waals surface area (Å²) in [6, 6.07) is -1.17. The van der Waals surface area contributed by atoms with Crippen LogP contribution in [0.1, 0.15) is 138 Å². The van der Waals surface area contributed by atoms with Crippen molar-refractivity contribution in [2.75, 3.05) is 27.9 Å². The van der Waals surface area contributed by atoms with Crippen LogP contribution in [0.25, 0.3) is 0 Å². The molecule has 3 fully saturated rings. The molecule has 15 heteroatoms. The van der Waals surface area contributed by atoms with Crippen molar-refractivity contribution in [3.8, 4) is 12.3 Å². The Hall–Kier alpha value is -4.30. The average Bonchev–Trinajstić information content (AvgIpc) is 3.35. The highest BCUT2D eigenvalue weighted by Crippen LogP contribution is 2.38. The van der Waals surface area contributed by atoms with Gasteiger partial charge in [0, 0.05) is 64.9 Å². The molecule has 2 bridgehead atoms. The minimum absolute atomic E-state index is 0.00500. The number of terminal acetylenes is 1. The molecule has 3 heterocycles. The Morgan fingerprint density at radius 2 is 1.63 bits per heavy atom. The van der Waals surface area contributed by atoms with E-state index in [4.69, 9.17) is 34.8 Å². The Kier molecular flexibility index (Phi) is 23.6. The maximum absolute atomic E-state index is 14.5. The van der Waals surface area contributed by atoms with E-state index in [1.165, 1.54) is 12.0 Å². The Bertz CT molecular complexity index is 2000. The number of Topliss-reactive ketones (excluding diaryl/α,β-unsaturated/α-hetero) is 3. The van der Waals surface area contributed by atoms with Crippen molar-refractivity contribution < 1.29 is 67.4 Å². The molecule has 1 amide bonds. The summed E-state index contributed by atoms with van der Waals surface area (Å²) in [7, 11) is 4.51. The number of hydrogen-bond donors (Lipinski definition) is 2. The maximum atomic E-state index is 14.5. The number of esters is 2. The number of carbonyl (C=O) groups is 6. The van der Waals surface area contributed by atoms with Gasteiger partial charge in [-0.1, -0.05) is 71.1 Å². The number of nitrogens with zero attached hydrogens (tertiary/aromatic N) is 1. The van der Waals surface area contributed by atoms with E-state index < -0.39 is 95.8 Å². The van der Waals surface area contributed by atoms with Gasteiger partial charge in [-0.15, -0.1) is 12.3 Å². The molecule has 0 aromatic carbocycles. The van der Waals surface area contributed by atoms with Gasteiger partial charge in [0.25, 0.3) is 11.7 Å². The fourth-order valence-corrected chi connectivity index (χ4v) is 10.6. The van der Waals surface area contributed by atoms with Gasteiger partial charge in [-0.25, -0.2) is 4.79 Å². The fourth-order valence-electron chi connectivity index (χ4n) is 10.6. The number of fused-ring (bicyclic) bond motifs is 3. The largest absolute Gasteiger partial charge is 0.460 e. The minimum Gasteiger partial charge on any atom is -0.460 e. The molecule has 15 atom stereocenters. The van der Waals surface area contributed by atoms with E-state index >= 15 is 0 Å². The van der Waals surface area contributed by atoms with Crippen molar-refractivity contribution in [3.63, 3.8) is 0 Å². The van der Waals surface area contributed by atoms with Crippen LogP contribution in [-0.4, -0.2) is 133 Å². The molecule has 4 aliphatic rings. The minimum atomic E-state index is -2.45. The lowest BCUT2D eigenvalue weighted by Crippen LogP contribution is -2.61. The van der Waals surface area contributed by atoms with E-state index in [0.29, 0.717) is 69.8 Å². The molecule has 0 radical (unpaired) electrons. The Balaban J connectivity index is 1.69. The van der Waals surface area contributed by atoms with Crippen LogP contribution in [-0.2, 0) is 57.2 Å². The molecule has 3 aliphatic heterocycles. The highest BCUT2D eigenvalue weighted by atomic mass is 16.6. The summed E-state index contributed by atoms with van der Waals surface area (Å²) in [5.74, 6) is -6.23. The quantitative estimate of drug-likeness (QED) is 0.102. The number of methoxy groups -OCH3 is 3. The predicted octanol–water partition coefficient (Wildman–Crippen LogP) is 7.14. The molecule has 15 nitrogen and oxygen atoms in total. The number of aliphatic hydroxyl groups excluding tert-OH is 1. The zero-order chi connectivity index (χ0) is 52.6. The highest BCUT2D eigenvalue weighted by Gasteiger charge is 2.53. The number of allylic oxidation sites excluding steroid dienone is 6.